The van der Waals surface area contributed by atoms with Crippen LogP contribution in [0.2, 0.25) is 0 Å². The summed E-state index contributed by atoms with van der Waals surface area (Å²) >= 11 is 0. The number of ether oxygens (including phenoxy) is 3. The summed E-state index contributed by atoms with van der Waals surface area (Å²) in [4.78, 5) is 0. The predicted octanol–water partition coefficient (Wildman–Crippen LogP) is 2.69. The Morgan fingerprint density at radius 3 is 2.83 bits per heavy atom. The third-order valence-corrected chi connectivity index (χ3v) is 4.65. The van der Waals surface area contributed by atoms with Crippen molar-refractivity contribution >= 4 is 0 Å². The van der Waals surface area contributed by atoms with Crippen LogP contribution in [0.5, 0.6) is 0 Å². The van der Waals surface area contributed by atoms with Gasteiger partial charge < -0.3 is 14.2 Å². The first-order valence-corrected chi connectivity index (χ1v) is 7.12. The molecule has 2 aliphatic heterocycles. The highest BCUT2D eigenvalue weighted by Gasteiger charge is 2.64. The number of allylic oxidation sites excluding steroid dienone is 1. The zero-order valence-corrected chi connectivity index (χ0v) is 11.6. The van der Waals surface area contributed by atoms with Gasteiger partial charge >= 0.3 is 0 Å². The third-order valence-electron chi connectivity index (χ3n) is 4.65. The van der Waals surface area contributed by atoms with Crippen LogP contribution in [-0.2, 0) is 14.2 Å². The Balaban J connectivity index is 1.65. The first-order valence-electron chi connectivity index (χ1n) is 7.12. The number of epoxide rings is 2. The second-order valence-electron chi connectivity index (χ2n) is 6.20. The maximum absolute atomic E-state index is 5.91. The van der Waals surface area contributed by atoms with Crippen molar-refractivity contribution in [2.45, 2.75) is 63.4 Å². The summed E-state index contributed by atoms with van der Waals surface area (Å²) in [7, 11) is 1.83. The van der Waals surface area contributed by atoms with E-state index in [1.807, 2.05) is 7.11 Å². The summed E-state index contributed by atoms with van der Waals surface area (Å²) in [6.45, 7) is 5.19. The molecule has 1 unspecified atom stereocenters. The summed E-state index contributed by atoms with van der Waals surface area (Å²) in [6, 6.07) is 0. The van der Waals surface area contributed by atoms with Crippen molar-refractivity contribution in [3.8, 4) is 0 Å². The molecule has 0 aromatic rings. The standard InChI is InChI=1S/C15H24O3/c1-10(2)6-7-12-14(18-12)13-11(16-3)5-4-8-15(13)9-17-15/h6,11-14H,4-5,7-9H2,1-3H3/t11-,12-,13?,14+,15+/m1/s1. The minimum absolute atomic E-state index is 0.101. The smallest absolute Gasteiger partial charge is 0.0995 e. The van der Waals surface area contributed by atoms with Gasteiger partial charge in [0.1, 0.15) is 0 Å². The van der Waals surface area contributed by atoms with Crippen molar-refractivity contribution in [3.05, 3.63) is 11.6 Å². The van der Waals surface area contributed by atoms with Gasteiger partial charge in [-0.2, -0.15) is 0 Å². The SMILES string of the molecule is CO[C@@H]1CCC[C@]2(CO2)C1[C@H]1O[C@@H]1CC=C(C)C. The fraction of sp³-hybridized carbons (Fsp3) is 0.867. The predicted molar refractivity (Wildman–Crippen MR) is 69.5 cm³/mol. The van der Waals surface area contributed by atoms with Crippen molar-refractivity contribution in [1.82, 2.24) is 0 Å². The molecule has 2 heterocycles. The van der Waals surface area contributed by atoms with Crippen LogP contribution in [0, 0.1) is 5.92 Å². The number of hydrogen-bond donors (Lipinski definition) is 0. The molecule has 0 aromatic heterocycles. The molecule has 3 aliphatic rings. The van der Waals surface area contributed by atoms with Gasteiger partial charge in [-0.25, -0.2) is 0 Å². The Morgan fingerprint density at radius 2 is 2.22 bits per heavy atom. The summed E-state index contributed by atoms with van der Waals surface area (Å²) in [5, 5.41) is 0. The van der Waals surface area contributed by atoms with Gasteiger partial charge in [-0.3, -0.25) is 0 Å². The Kier molecular flexibility index (Phi) is 3.25. The van der Waals surface area contributed by atoms with Crippen LogP contribution < -0.4 is 0 Å². The lowest BCUT2D eigenvalue weighted by molar-refractivity contribution is -0.0287. The van der Waals surface area contributed by atoms with Crippen LogP contribution in [0.3, 0.4) is 0 Å². The van der Waals surface area contributed by atoms with Crippen molar-refractivity contribution in [2.24, 2.45) is 5.92 Å². The summed E-state index contributed by atoms with van der Waals surface area (Å²) < 4.78 is 17.4. The maximum atomic E-state index is 5.91. The number of methoxy groups -OCH3 is 1. The molecule has 3 fully saturated rings. The normalized spacial score (nSPS) is 45.9. The molecule has 0 bridgehead atoms. The summed E-state index contributed by atoms with van der Waals surface area (Å²) in [5.41, 5.74) is 1.47. The average molecular weight is 252 g/mol. The molecular formula is C15H24O3. The topological polar surface area (TPSA) is 34.3 Å². The molecule has 3 rings (SSSR count). The van der Waals surface area contributed by atoms with Gasteiger partial charge in [-0.05, 0) is 39.5 Å². The molecule has 0 amide bonds. The number of hydrogen-bond acceptors (Lipinski definition) is 3. The largest absolute Gasteiger partial charge is 0.381 e. The molecule has 3 nitrogen and oxygen atoms in total. The lowest BCUT2D eigenvalue weighted by atomic mass is 9.74. The van der Waals surface area contributed by atoms with Crippen LogP contribution in [0.4, 0.5) is 0 Å². The summed E-state index contributed by atoms with van der Waals surface area (Å²) in [6.07, 6.45) is 7.94. The molecule has 1 saturated carbocycles. The molecule has 3 heteroatoms. The van der Waals surface area contributed by atoms with Gasteiger partial charge in [0.15, 0.2) is 0 Å². The quantitative estimate of drug-likeness (QED) is 0.570. The molecule has 0 radical (unpaired) electrons. The lowest BCUT2D eigenvalue weighted by Crippen LogP contribution is -2.44. The van der Waals surface area contributed by atoms with Crippen molar-refractivity contribution in [3.63, 3.8) is 0 Å². The maximum Gasteiger partial charge on any atom is 0.0995 e. The van der Waals surface area contributed by atoms with Crippen LogP contribution >= 0.6 is 0 Å². The third kappa shape index (κ3) is 2.24. The zero-order chi connectivity index (χ0) is 12.8. The average Bonchev–Trinajstić information content (AvgIpc) is 3.25. The van der Waals surface area contributed by atoms with E-state index in [1.165, 1.54) is 18.4 Å². The minimum atomic E-state index is 0.101. The Bertz CT molecular complexity index is 342. The Labute approximate surface area is 109 Å². The molecule has 0 aromatic carbocycles. The molecule has 102 valence electrons. The van der Waals surface area contributed by atoms with E-state index in [1.54, 1.807) is 0 Å². The van der Waals surface area contributed by atoms with E-state index in [-0.39, 0.29) is 5.60 Å². The first-order chi connectivity index (χ1) is 8.66. The fourth-order valence-electron chi connectivity index (χ4n) is 3.51. The molecule has 5 atom stereocenters. The lowest BCUT2D eigenvalue weighted by Gasteiger charge is -2.34. The molecule has 2 saturated heterocycles. The van der Waals surface area contributed by atoms with Gasteiger partial charge in [-0.15, -0.1) is 0 Å². The molecule has 0 N–H and O–H groups in total. The van der Waals surface area contributed by atoms with Crippen LogP contribution in [0.25, 0.3) is 0 Å². The van der Waals surface area contributed by atoms with E-state index >= 15 is 0 Å². The second-order valence-corrected chi connectivity index (χ2v) is 6.20. The Hall–Kier alpha value is -0.380. The van der Waals surface area contributed by atoms with Gasteiger partial charge in [0, 0.05) is 13.0 Å². The van der Waals surface area contributed by atoms with Gasteiger partial charge in [0.25, 0.3) is 0 Å². The van der Waals surface area contributed by atoms with E-state index in [2.05, 4.69) is 19.9 Å². The molecular weight excluding hydrogens is 228 g/mol. The van der Waals surface area contributed by atoms with Gasteiger partial charge in [-0.1, -0.05) is 11.6 Å². The Morgan fingerprint density at radius 1 is 1.44 bits per heavy atom. The monoisotopic (exact) mass is 252 g/mol. The van der Waals surface area contributed by atoms with E-state index in [4.69, 9.17) is 14.2 Å². The van der Waals surface area contributed by atoms with E-state index in [9.17, 15) is 0 Å². The molecule has 18 heavy (non-hydrogen) atoms. The highest BCUT2D eigenvalue weighted by atomic mass is 16.6. The van der Waals surface area contributed by atoms with Crippen molar-refractivity contribution in [1.29, 1.82) is 0 Å². The van der Waals surface area contributed by atoms with Crippen molar-refractivity contribution in [2.75, 3.05) is 13.7 Å². The van der Waals surface area contributed by atoms with Crippen LogP contribution in [0.1, 0.15) is 39.5 Å². The second kappa shape index (κ2) is 4.62. The first kappa shape index (κ1) is 12.6. The fourth-order valence-corrected chi connectivity index (χ4v) is 3.51. The van der Waals surface area contributed by atoms with Crippen LogP contribution in [0.15, 0.2) is 11.6 Å². The zero-order valence-electron chi connectivity index (χ0n) is 11.6. The van der Waals surface area contributed by atoms with Gasteiger partial charge in [0.2, 0.25) is 0 Å². The van der Waals surface area contributed by atoms with Crippen LogP contribution in [-0.4, -0.2) is 37.6 Å². The number of rotatable bonds is 4. The van der Waals surface area contributed by atoms with E-state index in [0.717, 1.165) is 19.4 Å². The molecule has 1 spiro atoms. The highest BCUT2D eigenvalue weighted by molar-refractivity contribution is 5.13. The minimum Gasteiger partial charge on any atom is -0.381 e. The van der Waals surface area contributed by atoms with Gasteiger partial charge in [0.05, 0.1) is 30.5 Å². The van der Waals surface area contributed by atoms with E-state index < -0.39 is 0 Å². The highest BCUT2D eigenvalue weighted by Crippen LogP contribution is 2.53. The molecule has 1 aliphatic carbocycles. The van der Waals surface area contributed by atoms with Crippen molar-refractivity contribution < 1.29 is 14.2 Å². The van der Waals surface area contributed by atoms with E-state index in [0.29, 0.717) is 24.2 Å². The summed E-state index contributed by atoms with van der Waals surface area (Å²) in [5.74, 6) is 0.451.